The van der Waals surface area contributed by atoms with E-state index in [1.165, 1.54) is 0 Å². The molecule has 0 radical (unpaired) electrons. The van der Waals surface area contributed by atoms with Gasteiger partial charge in [0.05, 0.1) is 11.1 Å². The topological polar surface area (TPSA) is 56.5 Å². The summed E-state index contributed by atoms with van der Waals surface area (Å²) in [5, 5.41) is 2.79. The van der Waals surface area contributed by atoms with E-state index in [0.29, 0.717) is 13.2 Å². The number of thiophene rings is 1. The van der Waals surface area contributed by atoms with Crippen LogP contribution < -0.4 is 20.7 Å². The number of nitrogens with two attached hydrogens (primary N) is 1. The molecule has 0 amide bonds. The number of aryl methyl sites for hydroxylation is 1. The number of hydrogen-bond donors (Lipinski definition) is 2. The molecule has 0 bridgehead atoms. The molecule has 4 nitrogen and oxygen atoms in total. The molecule has 3 N–H and O–H groups in total. The van der Waals surface area contributed by atoms with E-state index >= 15 is 0 Å². The van der Waals surface area contributed by atoms with E-state index in [2.05, 4.69) is 5.43 Å². The number of rotatable bonds is 3. The lowest BCUT2D eigenvalue weighted by Gasteiger charge is -2.21. The summed E-state index contributed by atoms with van der Waals surface area (Å²) < 4.78 is 11.1. The number of benzene rings is 1. The van der Waals surface area contributed by atoms with Gasteiger partial charge in [-0.15, -0.1) is 11.3 Å². The lowest BCUT2D eigenvalue weighted by Crippen LogP contribution is -2.28. The van der Waals surface area contributed by atoms with E-state index in [4.69, 9.17) is 26.9 Å². The van der Waals surface area contributed by atoms with Gasteiger partial charge in [0.1, 0.15) is 13.2 Å². The Kier molecular flexibility index (Phi) is 3.85. The van der Waals surface area contributed by atoms with Crippen LogP contribution in [0.4, 0.5) is 0 Å². The molecule has 6 heteroatoms. The molecule has 0 spiro atoms. The van der Waals surface area contributed by atoms with Gasteiger partial charge in [-0.25, -0.2) is 5.43 Å². The lowest BCUT2D eigenvalue weighted by atomic mass is 10.0. The Morgan fingerprint density at radius 2 is 2.05 bits per heavy atom. The van der Waals surface area contributed by atoms with Gasteiger partial charge in [0, 0.05) is 4.88 Å². The average Bonchev–Trinajstić information content (AvgIpc) is 2.80. The van der Waals surface area contributed by atoms with Crippen LogP contribution in [0.15, 0.2) is 23.6 Å². The zero-order valence-corrected chi connectivity index (χ0v) is 12.6. The highest BCUT2D eigenvalue weighted by atomic mass is 35.5. The van der Waals surface area contributed by atoms with Crippen LogP contribution in [-0.2, 0) is 0 Å². The molecule has 2 heterocycles. The van der Waals surface area contributed by atoms with Crippen molar-refractivity contribution in [3.05, 3.63) is 44.6 Å². The SMILES string of the molecule is Cc1csc(C(NN)c2ccc3c(c2)OCCO3)c1Cl. The van der Waals surface area contributed by atoms with Crippen molar-refractivity contribution in [1.82, 2.24) is 5.43 Å². The number of nitrogens with one attached hydrogen (secondary N) is 1. The number of hydrazine groups is 1. The summed E-state index contributed by atoms with van der Waals surface area (Å²) in [5.41, 5.74) is 4.89. The second-order valence-corrected chi connectivity index (χ2v) is 5.89. The van der Waals surface area contributed by atoms with Crippen LogP contribution in [-0.4, -0.2) is 13.2 Å². The van der Waals surface area contributed by atoms with E-state index in [1.54, 1.807) is 11.3 Å². The molecule has 20 heavy (non-hydrogen) atoms. The van der Waals surface area contributed by atoms with Crippen LogP contribution >= 0.6 is 22.9 Å². The van der Waals surface area contributed by atoms with Crippen LogP contribution in [0.5, 0.6) is 11.5 Å². The Bertz CT molecular complexity index is 630. The van der Waals surface area contributed by atoms with E-state index in [-0.39, 0.29) is 6.04 Å². The monoisotopic (exact) mass is 310 g/mol. The fourth-order valence-corrected chi connectivity index (χ4v) is 3.60. The third-order valence-electron chi connectivity index (χ3n) is 3.25. The van der Waals surface area contributed by atoms with Gasteiger partial charge in [-0.3, -0.25) is 5.84 Å². The molecule has 1 aromatic carbocycles. The minimum Gasteiger partial charge on any atom is -0.486 e. The molecule has 106 valence electrons. The van der Waals surface area contributed by atoms with E-state index in [0.717, 1.165) is 32.5 Å². The van der Waals surface area contributed by atoms with Crippen molar-refractivity contribution in [2.24, 2.45) is 5.84 Å². The van der Waals surface area contributed by atoms with Crippen molar-refractivity contribution in [1.29, 1.82) is 0 Å². The molecule has 1 aromatic heterocycles. The van der Waals surface area contributed by atoms with Crippen LogP contribution in [0.3, 0.4) is 0 Å². The molecule has 0 fully saturated rings. The summed E-state index contributed by atoms with van der Waals surface area (Å²) in [6, 6.07) is 5.67. The predicted molar refractivity (Wildman–Crippen MR) is 80.7 cm³/mol. The summed E-state index contributed by atoms with van der Waals surface area (Å²) in [6.45, 7) is 3.14. The standard InChI is InChI=1S/C14H15ClN2O2S/c1-8-7-20-14(12(8)15)13(17-16)9-2-3-10-11(6-9)19-5-4-18-10/h2-3,6-7,13,17H,4-5,16H2,1H3. The first-order chi connectivity index (χ1) is 9.70. The zero-order chi connectivity index (χ0) is 14.1. The number of fused-ring (bicyclic) bond motifs is 1. The van der Waals surface area contributed by atoms with Gasteiger partial charge < -0.3 is 9.47 Å². The van der Waals surface area contributed by atoms with Gasteiger partial charge in [-0.1, -0.05) is 17.7 Å². The largest absolute Gasteiger partial charge is 0.486 e. The number of ether oxygens (including phenoxy) is 2. The van der Waals surface area contributed by atoms with E-state index in [1.807, 2.05) is 30.5 Å². The average molecular weight is 311 g/mol. The van der Waals surface area contributed by atoms with Gasteiger partial charge in [0.25, 0.3) is 0 Å². The van der Waals surface area contributed by atoms with Crippen LogP contribution in [0.2, 0.25) is 5.02 Å². The van der Waals surface area contributed by atoms with Crippen molar-refractivity contribution < 1.29 is 9.47 Å². The molecule has 2 aromatic rings. The minimum absolute atomic E-state index is 0.156. The lowest BCUT2D eigenvalue weighted by molar-refractivity contribution is 0.171. The summed E-state index contributed by atoms with van der Waals surface area (Å²) in [6.07, 6.45) is 0. The molecule has 1 aliphatic heterocycles. The molecule has 0 aliphatic carbocycles. The van der Waals surface area contributed by atoms with Crippen molar-refractivity contribution in [3.8, 4) is 11.5 Å². The van der Waals surface area contributed by atoms with E-state index < -0.39 is 0 Å². The Hall–Kier alpha value is -1.27. The molecule has 1 unspecified atom stereocenters. The van der Waals surface area contributed by atoms with Crippen LogP contribution in [0.1, 0.15) is 22.0 Å². The Labute approximate surface area is 126 Å². The molecule has 0 saturated carbocycles. The third kappa shape index (κ3) is 2.38. The van der Waals surface area contributed by atoms with Gasteiger partial charge in [0.2, 0.25) is 0 Å². The van der Waals surface area contributed by atoms with Crippen molar-refractivity contribution in [2.75, 3.05) is 13.2 Å². The van der Waals surface area contributed by atoms with Crippen LogP contribution in [0.25, 0.3) is 0 Å². The highest BCUT2D eigenvalue weighted by Crippen LogP contribution is 2.38. The third-order valence-corrected chi connectivity index (χ3v) is 5.03. The first kappa shape index (κ1) is 13.7. The summed E-state index contributed by atoms with van der Waals surface area (Å²) in [7, 11) is 0. The zero-order valence-electron chi connectivity index (χ0n) is 11.0. The minimum atomic E-state index is -0.156. The maximum absolute atomic E-state index is 6.33. The Morgan fingerprint density at radius 1 is 1.30 bits per heavy atom. The van der Waals surface area contributed by atoms with Gasteiger partial charge in [-0.2, -0.15) is 0 Å². The Balaban J connectivity index is 1.99. The summed E-state index contributed by atoms with van der Waals surface area (Å²) >= 11 is 7.93. The first-order valence-corrected chi connectivity index (χ1v) is 7.55. The Morgan fingerprint density at radius 3 is 2.70 bits per heavy atom. The smallest absolute Gasteiger partial charge is 0.161 e. The highest BCUT2D eigenvalue weighted by molar-refractivity contribution is 7.10. The predicted octanol–water partition coefficient (Wildman–Crippen LogP) is 3.03. The fraction of sp³-hybridized carbons (Fsp3) is 0.286. The molecule has 0 saturated heterocycles. The molecular weight excluding hydrogens is 296 g/mol. The normalized spacial score (nSPS) is 15.2. The number of hydrogen-bond acceptors (Lipinski definition) is 5. The van der Waals surface area contributed by atoms with E-state index in [9.17, 15) is 0 Å². The second kappa shape index (κ2) is 5.61. The quantitative estimate of drug-likeness (QED) is 0.676. The summed E-state index contributed by atoms with van der Waals surface area (Å²) in [5.74, 6) is 7.23. The number of halogens is 1. The molecular formula is C14H15ClN2O2S. The van der Waals surface area contributed by atoms with Gasteiger partial charge >= 0.3 is 0 Å². The first-order valence-electron chi connectivity index (χ1n) is 6.30. The van der Waals surface area contributed by atoms with Crippen molar-refractivity contribution in [2.45, 2.75) is 13.0 Å². The van der Waals surface area contributed by atoms with Crippen molar-refractivity contribution in [3.63, 3.8) is 0 Å². The summed E-state index contributed by atoms with van der Waals surface area (Å²) in [4.78, 5) is 1.00. The molecule has 1 aliphatic rings. The fourth-order valence-electron chi connectivity index (χ4n) is 2.21. The van der Waals surface area contributed by atoms with Gasteiger partial charge in [0.15, 0.2) is 11.5 Å². The van der Waals surface area contributed by atoms with Crippen molar-refractivity contribution >= 4 is 22.9 Å². The molecule has 1 atom stereocenters. The second-order valence-electron chi connectivity index (χ2n) is 4.60. The maximum Gasteiger partial charge on any atom is 0.161 e. The highest BCUT2D eigenvalue weighted by Gasteiger charge is 2.21. The molecule has 3 rings (SSSR count). The maximum atomic E-state index is 6.33. The van der Waals surface area contributed by atoms with Crippen LogP contribution in [0, 0.1) is 6.92 Å². The van der Waals surface area contributed by atoms with Gasteiger partial charge in [-0.05, 0) is 35.6 Å².